The molecule has 1 aromatic heterocycles. The lowest BCUT2D eigenvalue weighted by Crippen LogP contribution is -2.45. The third-order valence-electron chi connectivity index (χ3n) is 4.83. The summed E-state index contributed by atoms with van der Waals surface area (Å²) >= 11 is 0. The van der Waals surface area contributed by atoms with Gasteiger partial charge in [0.05, 0.1) is 13.2 Å². The number of anilines is 1. The highest BCUT2D eigenvalue weighted by Crippen LogP contribution is 2.27. The minimum atomic E-state index is 0.0217. The van der Waals surface area contributed by atoms with Crippen molar-refractivity contribution in [3.8, 4) is 0 Å². The summed E-state index contributed by atoms with van der Waals surface area (Å²) in [7, 11) is 3.60. The average molecular weight is 321 g/mol. The Morgan fingerprint density at radius 3 is 3.00 bits per heavy atom. The molecule has 7 nitrogen and oxygen atoms in total. The molecule has 0 saturated carbocycles. The van der Waals surface area contributed by atoms with Crippen LogP contribution in [0.5, 0.6) is 0 Å². The SMILES string of the molecule is COCCN1C[C@H]2CC[C@@H]1CN(CC(=O)Nc1ccn(C)n1)C2. The molecule has 0 unspecified atom stereocenters. The van der Waals surface area contributed by atoms with Crippen molar-refractivity contribution in [2.45, 2.75) is 18.9 Å². The number of nitrogens with zero attached hydrogens (tertiary/aromatic N) is 4. The van der Waals surface area contributed by atoms with Crippen molar-refractivity contribution in [3.63, 3.8) is 0 Å². The van der Waals surface area contributed by atoms with E-state index in [1.165, 1.54) is 12.8 Å². The topological polar surface area (TPSA) is 62.6 Å². The van der Waals surface area contributed by atoms with Crippen LogP contribution in [0, 0.1) is 5.92 Å². The maximum atomic E-state index is 12.3. The van der Waals surface area contributed by atoms with Gasteiger partial charge in [0.1, 0.15) is 0 Å². The molecular formula is C16H27N5O2. The Hall–Kier alpha value is -1.44. The molecule has 23 heavy (non-hydrogen) atoms. The van der Waals surface area contributed by atoms with Gasteiger partial charge in [0.2, 0.25) is 5.91 Å². The van der Waals surface area contributed by atoms with E-state index in [9.17, 15) is 4.79 Å². The van der Waals surface area contributed by atoms with Gasteiger partial charge in [0.15, 0.2) is 5.82 Å². The van der Waals surface area contributed by atoms with Crippen LogP contribution in [0.15, 0.2) is 12.3 Å². The summed E-state index contributed by atoms with van der Waals surface area (Å²) in [5, 5.41) is 7.07. The minimum Gasteiger partial charge on any atom is -0.383 e. The predicted molar refractivity (Wildman–Crippen MR) is 88.2 cm³/mol. The maximum Gasteiger partial charge on any atom is 0.239 e. The van der Waals surface area contributed by atoms with E-state index in [1.807, 2.05) is 19.3 Å². The number of hydrogen-bond acceptors (Lipinski definition) is 5. The van der Waals surface area contributed by atoms with Crippen molar-refractivity contribution in [2.24, 2.45) is 13.0 Å². The Bertz CT molecular complexity index is 532. The van der Waals surface area contributed by atoms with Crippen molar-refractivity contribution in [3.05, 3.63) is 12.3 Å². The lowest BCUT2D eigenvalue weighted by Gasteiger charge is -2.35. The molecule has 0 radical (unpaired) electrons. The number of fused-ring (bicyclic) bond motifs is 4. The predicted octanol–water partition coefficient (Wildman–Crippen LogP) is 0.401. The van der Waals surface area contributed by atoms with E-state index in [0.717, 1.165) is 32.8 Å². The molecule has 0 aliphatic carbocycles. The van der Waals surface area contributed by atoms with Gasteiger partial charge in [-0.3, -0.25) is 19.3 Å². The molecule has 128 valence electrons. The molecule has 2 bridgehead atoms. The van der Waals surface area contributed by atoms with Crippen LogP contribution in [0.2, 0.25) is 0 Å². The summed E-state index contributed by atoms with van der Waals surface area (Å²) in [6, 6.07) is 2.36. The van der Waals surface area contributed by atoms with Crippen molar-refractivity contribution in [2.75, 3.05) is 51.8 Å². The molecule has 3 fully saturated rings. The zero-order chi connectivity index (χ0) is 16.2. The van der Waals surface area contributed by atoms with E-state index >= 15 is 0 Å². The number of aryl methyl sites for hydroxylation is 1. The van der Waals surface area contributed by atoms with Crippen LogP contribution in [-0.4, -0.2) is 78.0 Å². The Balaban J connectivity index is 1.53. The molecule has 3 saturated heterocycles. The second-order valence-corrected chi connectivity index (χ2v) is 6.70. The third kappa shape index (κ3) is 4.31. The number of rotatable bonds is 6. The first kappa shape index (κ1) is 16.4. The monoisotopic (exact) mass is 321 g/mol. The summed E-state index contributed by atoms with van der Waals surface area (Å²) in [6.07, 6.45) is 4.33. The van der Waals surface area contributed by atoms with Gasteiger partial charge in [-0.1, -0.05) is 0 Å². The number of hydrogen-bond donors (Lipinski definition) is 1. The Morgan fingerprint density at radius 2 is 2.26 bits per heavy atom. The minimum absolute atomic E-state index is 0.0217. The summed E-state index contributed by atoms with van der Waals surface area (Å²) in [4.78, 5) is 17.1. The molecule has 1 amide bonds. The second-order valence-electron chi connectivity index (χ2n) is 6.70. The summed E-state index contributed by atoms with van der Waals surface area (Å²) in [5.74, 6) is 1.30. The third-order valence-corrected chi connectivity index (χ3v) is 4.83. The van der Waals surface area contributed by atoms with Crippen LogP contribution in [0.25, 0.3) is 0 Å². The largest absolute Gasteiger partial charge is 0.383 e. The van der Waals surface area contributed by atoms with Crippen molar-refractivity contribution in [1.82, 2.24) is 19.6 Å². The van der Waals surface area contributed by atoms with Crippen molar-refractivity contribution < 1.29 is 9.53 Å². The Labute approximate surface area is 137 Å². The van der Waals surface area contributed by atoms with Gasteiger partial charge >= 0.3 is 0 Å². The maximum absolute atomic E-state index is 12.3. The smallest absolute Gasteiger partial charge is 0.239 e. The van der Waals surface area contributed by atoms with Crippen LogP contribution in [0.3, 0.4) is 0 Å². The number of ether oxygens (including phenoxy) is 1. The lowest BCUT2D eigenvalue weighted by atomic mass is 9.95. The molecule has 3 aliphatic heterocycles. The number of nitrogens with one attached hydrogen (secondary N) is 1. The lowest BCUT2D eigenvalue weighted by molar-refractivity contribution is -0.117. The molecule has 7 heteroatoms. The number of carbonyl (C=O) groups excluding carboxylic acids is 1. The van der Waals surface area contributed by atoms with Crippen molar-refractivity contribution >= 4 is 11.7 Å². The van der Waals surface area contributed by atoms with Crippen LogP contribution < -0.4 is 5.32 Å². The highest BCUT2D eigenvalue weighted by molar-refractivity contribution is 5.91. The standard InChI is InChI=1S/C16H27N5O2/c1-19-6-5-15(18-19)17-16(22)12-20-9-13-3-4-14(11-20)21(10-13)7-8-23-2/h5-6,13-14H,3-4,7-12H2,1-2H3,(H,17,18,22)/t13-,14+/m0/s1. The highest BCUT2D eigenvalue weighted by Gasteiger charge is 2.34. The van der Waals surface area contributed by atoms with Gasteiger partial charge in [-0.2, -0.15) is 5.10 Å². The van der Waals surface area contributed by atoms with Crippen molar-refractivity contribution in [1.29, 1.82) is 0 Å². The zero-order valence-electron chi connectivity index (χ0n) is 14.1. The van der Waals surface area contributed by atoms with Gasteiger partial charge in [0.25, 0.3) is 0 Å². The van der Waals surface area contributed by atoms with Gasteiger partial charge in [-0.05, 0) is 18.8 Å². The second kappa shape index (κ2) is 7.42. The fourth-order valence-electron chi connectivity index (χ4n) is 3.75. The zero-order valence-corrected chi connectivity index (χ0v) is 14.1. The molecule has 1 N–H and O–H groups in total. The number of amides is 1. The first-order valence-electron chi connectivity index (χ1n) is 8.39. The van der Waals surface area contributed by atoms with E-state index in [0.29, 0.717) is 24.3 Å². The van der Waals surface area contributed by atoms with Crippen LogP contribution in [-0.2, 0) is 16.6 Å². The highest BCUT2D eigenvalue weighted by atomic mass is 16.5. The van der Waals surface area contributed by atoms with E-state index in [2.05, 4.69) is 20.2 Å². The molecule has 0 aromatic carbocycles. The van der Waals surface area contributed by atoms with Gasteiger partial charge in [-0.25, -0.2) is 0 Å². The molecule has 3 aliphatic rings. The van der Waals surface area contributed by atoms with E-state index < -0.39 is 0 Å². The number of piperidine rings is 1. The quantitative estimate of drug-likeness (QED) is 0.822. The average Bonchev–Trinajstić information content (AvgIpc) is 2.73. The van der Waals surface area contributed by atoms with Gasteiger partial charge in [-0.15, -0.1) is 0 Å². The van der Waals surface area contributed by atoms with E-state index in [-0.39, 0.29) is 5.91 Å². The van der Waals surface area contributed by atoms with E-state index in [1.54, 1.807) is 11.8 Å². The molecule has 0 spiro atoms. The summed E-state index contributed by atoms with van der Waals surface area (Å²) in [5.41, 5.74) is 0. The Kier molecular flexibility index (Phi) is 5.30. The fourth-order valence-corrected chi connectivity index (χ4v) is 3.75. The normalized spacial score (nSPS) is 25.5. The van der Waals surface area contributed by atoms with Crippen LogP contribution in [0.4, 0.5) is 5.82 Å². The number of methoxy groups -OCH3 is 1. The molecule has 1 aromatic rings. The van der Waals surface area contributed by atoms with E-state index in [4.69, 9.17) is 4.74 Å². The summed E-state index contributed by atoms with van der Waals surface area (Å²) < 4.78 is 6.91. The van der Waals surface area contributed by atoms with Gasteiger partial charge < -0.3 is 10.1 Å². The number of aromatic nitrogens is 2. The first-order chi connectivity index (χ1) is 11.1. The number of carbonyl (C=O) groups is 1. The Morgan fingerprint density at radius 1 is 1.39 bits per heavy atom. The van der Waals surface area contributed by atoms with Gasteiger partial charge in [0, 0.05) is 58.6 Å². The molecule has 2 atom stereocenters. The van der Waals surface area contributed by atoms with Crippen LogP contribution >= 0.6 is 0 Å². The van der Waals surface area contributed by atoms with Crippen LogP contribution in [0.1, 0.15) is 12.8 Å². The molecule has 4 heterocycles. The molecular weight excluding hydrogens is 294 g/mol. The summed E-state index contributed by atoms with van der Waals surface area (Å²) in [6.45, 7) is 5.33. The fraction of sp³-hybridized carbons (Fsp3) is 0.750. The molecule has 4 rings (SSSR count). The first-order valence-corrected chi connectivity index (χ1v) is 8.39.